The SMILES string of the molecule is C[C@H](c1n[nH]c(=S)n1-c1ccc(F)cc1)N(C)C. The van der Waals surface area contributed by atoms with Crippen LogP contribution in [0.25, 0.3) is 5.69 Å². The van der Waals surface area contributed by atoms with E-state index >= 15 is 0 Å². The first-order chi connectivity index (χ1) is 8.50. The van der Waals surface area contributed by atoms with Gasteiger partial charge in [-0.3, -0.25) is 14.6 Å². The molecule has 96 valence electrons. The standard InChI is InChI=1S/C12H15FN4S/c1-8(16(2)3)11-14-15-12(18)17(11)10-6-4-9(13)5-7-10/h4-8H,1-3H3,(H,15,18)/t8-/m1/s1. The molecular weight excluding hydrogens is 251 g/mol. The largest absolute Gasteiger partial charge is 0.300 e. The number of benzene rings is 1. The van der Waals surface area contributed by atoms with Crippen LogP contribution in [-0.2, 0) is 0 Å². The molecule has 0 amide bonds. The Bertz CT molecular complexity index is 585. The molecule has 1 heterocycles. The zero-order valence-corrected chi connectivity index (χ0v) is 11.3. The Labute approximate surface area is 110 Å². The zero-order chi connectivity index (χ0) is 13.3. The summed E-state index contributed by atoms with van der Waals surface area (Å²) in [5, 5.41) is 7.03. The van der Waals surface area contributed by atoms with Crippen LogP contribution >= 0.6 is 12.2 Å². The van der Waals surface area contributed by atoms with Crippen LogP contribution in [-0.4, -0.2) is 33.8 Å². The summed E-state index contributed by atoms with van der Waals surface area (Å²) in [7, 11) is 3.94. The number of aromatic amines is 1. The van der Waals surface area contributed by atoms with Gasteiger partial charge in [0.2, 0.25) is 0 Å². The lowest BCUT2D eigenvalue weighted by Gasteiger charge is -2.19. The van der Waals surface area contributed by atoms with E-state index in [4.69, 9.17) is 12.2 Å². The number of nitrogens with one attached hydrogen (secondary N) is 1. The maximum atomic E-state index is 12.9. The molecule has 0 radical (unpaired) electrons. The molecule has 4 nitrogen and oxygen atoms in total. The van der Waals surface area contributed by atoms with Gasteiger partial charge in [-0.25, -0.2) is 4.39 Å². The Morgan fingerprint density at radius 2 is 1.94 bits per heavy atom. The Kier molecular flexibility index (Phi) is 3.58. The van der Waals surface area contributed by atoms with Crippen molar-refractivity contribution in [2.75, 3.05) is 14.1 Å². The minimum Gasteiger partial charge on any atom is -0.300 e. The summed E-state index contributed by atoms with van der Waals surface area (Å²) in [6, 6.07) is 6.30. The molecular formula is C12H15FN4S. The van der Waals surface area contributed by atoms with Gasteiger partial charge in [-0.2, -0.15) is 5.10 Å². The highest BCUT2D eigenvalue weighted by atomic mass is 32.1. The molecule has 1 atom stereocenters. The molecule has 1 N–H and O–H groups in total. The molecule has 0 saturated heterocycles. The zero-order valence-electron chi connectivity index (χ0n) is 10.5. The van der Waals surface area contributed by atoms with Gasteiger partial charge >= 0.3 is 0 Å². The van der Waals surface area contributed by atoms with Crippen molar-refractivity contribution in [3.63, 3.8) is 0 Å². The monoisotopic (exact) mass is 266 g/mol. The van der Waals surface area contributed by atoms with Crippen molar-refractivity contribution >= 4 is 12.2 Å². The van der Waals surface area contributed by atoms with Crippen LogP contribution in [0, 0.1) is 10.6 Å². The number of hydrogen-bond donors (Lipinski definition) is 1. The number of rotatable bonds is 3. The van der Waals surface area contributed by atoms with E-state index in [2.05, 4.69) is 10.2 Å². The molecule has 0 aliphatic rings. The summed E-state index contributed by atoms with van der Waals surface area (Å²) in [5.74, 6) is 0.535. The second kappa shape index (κ2) is 4.99. The summed E-state index contributed by atoms with van der Waals surface area (Å²) < 4.78 is 15.3. The van der Waals surface area contributed by atoms with Crippen LogP contribution in [0.15, 0.2) is 24.3 Å². The third kappa shape index (κ3) is 2.34. The highest BCUT2D eigenvalue weighted by Crippen LogP contribution is 2.19. The van der Waals surface area contributed by atoms with Crippen molar-refractivity contribution in [1.29, 1.82) is 0 Å². The van der Waals surface area contributed by atoms with Crippen LogP contribution in [0.4, 0.5) is 4.39 Å². The second-order valence-electron chi connectivity index (χ2n) is 4.34. The highest BCUT2D eigenvalue weighted by molar-refractivity contribution is 7.71. The Morgan fingerprint density at radius 1 is 1.33 bits per heavy atom. The van der Waals surface area contributed by atoms with Crippen LogP contribution < -0.4 is 0 Å². The number of aromatic nitrogens is 3. The fourth-order valence-electron chi connectivity index (χ4n) is 1.66. The molecule has 0 fully saturated rings. The first-order valence-electron chi connectivity index (χ1n) is 5.60. The minimum atomic E-state index is -0.268. The van der Waals surface area contributed by atoms with Crippen molar-refractivity contribution in [2.24, 2.45) is 0 Å². The quantitative estimate of drug-likeness (QED) is 0.868. The van der Waals surface area contributed by atoms with Gasteiger partial charge in [0.15, 0.2) is 10.6 Å². The van der Waals surface area contributed by atoms with Crippen LogP contribution in [0.2, 0.25) is 0 Å². The van der Waals surface area contributed by atoms with E-state index in [1.807, 2.05) is 30.5 Å². The lowest BCUT2D eigenvalue weighted by atomic mass is 10.2. The highest BCUT2D eigenvalue weighted by Gasteiger charge is 2.17. The lowest BCUT2D eigenvalue weighted by Crippen LogP contribution is -2.20. The molecule has 2 rings (SSSR count). The van der Waals surface area contributed by atoms with Crippen LogP contribution in [0.5, 0.6) is 0 Å². The molecule has 0 spiro atoms. The predicted molar refractivity (Wildman–Crippen MR) is 70.8 cm³/mol. The average Bonchev–Trinajstić information content (AvgIpc) is 2.71. The summed E-state index contributed by atoms with van der Waals surface area (Å²) in [6.45, 7) is 2.03. The molecule has 0 unspecified atom stereocenters. The van der Waals surface area contributed by atoms with Gasteiger partial charge in [-0.05, 0) is 57.5 Å². The number of halogens is 1. The minimum absolute atomic E-state index is 0.100. The number of nitrogens with zero attached hydrogens (tertiary/aromatic N) is 3. The topological polar surface area (TPSA) is 36.9 Å². The van der Waals surface area contributed by atoms with E-state index in [0.29, 0.717) is 4.77 Å². The molecule has 2 aromatic rings. The van der Waals surface area contributed by atoms with Gasteiger partial charge in [0, 0.05) is 5.69 Å². The Hall–Kier alpha value is -1.53. The van der Waals surface area contributed by atoms with Gasteiger partial charge in [0.25, 0.3) is 0 Å². The first kappa shape index (κ1) is 12.9. The van der Waals surface area contributed by atoms with Crippen LogP contribution in [0.1, 0.15) is 18.8 Å². The van der Waals surface area contributed by atoms with Crippen molar-refractivity contribution in [2.45, 2.75) is 13.0 Å². The summed E-state index contributed by atoms with van der Waals surface area (Å²) >= 11 is 5.23. The van der Waals surface area contributed by atoms with E-state index in [1.54, 1.807) is 12.1 Å². The van der Waals surface area contributed by atoms with E-state index in [-0.39, 0.29) is 11.9 Å². The maximum absolute atomic E-state index is 12.9. The van der Waals surface area contributed by atoms with E-state index in [1.165, 1.54) is 12.1 Å². The molecule has 6 heteroatoms. The Morgan fingerprint density at radius 3 is 2.50 bits per heavy atom. The van der Waals surface area contributed by atoms with E-state index in [9.17, 15) is 4.39 Å². The van der Waals surface area contributed by atoms with Gasteiger partial charge < -0.3 is 0 Å². The third-order valence-electron chi connectivity index (χ3n) is 2.93. The number of H-pyrrole nitrogens is 1. The maximum Gasteiger partial charge on any atom is 0.199 e. The summed E-state index contributed by atoms with van der Waals surface area (Å²) in [4.78, 5) is 2.03. The molecule has 0 bridgehead atoms. The fraction of sp³-hybridized carbons (Fsp3) is 0.333. The third-order valence-corrected chi connectivity index (χ3v) is 3.21. The smallest absolute Gasteiger partial charge is 0.199 e. The molecule has 1 aromatic heterocycles. The summed E-state index contributed by atoms with van der Waals surface area (Å²) in [5.41, 5.74) is 0.804. The Balaban J connectivity index is 2.53. The van der Waals surface area contributed by atoms with Crippen LogP contribution in [0.3, 0.4) is 0 Å². The van der Waals surface area contributed by atoms with Crippen molar-refractivity contribution < 1.29 is 4.39 Å². The van der Waals surface area contributed by atoms with E-state index < -0.39 is 0 Å². The summed E-state index contributed by atoms with van der Waals surface area (Å²) in [6.07, 6.45) is 0. The average molecular weight is 266 g/mol. The van der Waals surface area contributed by atoms with Crippen molar-refractivity contribution in [3.05, 3.63) is 40.7 Å². The van der Waals surface area contributed by atoms with Gasteiger partial charge in [0.1, 0.15) is 5.82 Å². The second-order valence-corrected chi connectivity index (χ2v) is 4.73. The predicted octanol–water partition coefficient (Wildman–Crippen LogP) is 2.69. The van der Waals surface area contributed by atoms with Gasteiger partial charge in [0.05, 0.1) is 6.04 Å². The molecule has 0 aliphatic heterocycles. The first-order valence-corrected chi connectivity index (χ1v) is 6.01. The molecule has 0 aliphatic carbocycles. The lowest BCUT2D eigenvalue weighted by molar-refractivity contribution is 0.305. The normalized spacial score (nSPS) is 12.9. The van der Waals surface area contributed by atoms with E-state index in [0.717, 1.165) is 11.5 Å². The molecule has 1 aromatic carbocycles. The van der Waals surface area contributed by atoms with Crippen molar-refractivity contribution in [3.8, 4) is 5.69 Å². The van der Waals surface area contributed by atoms with Crippen molar-refractivity contribution in [1.82, 2.24) is 19.7 Å². The van der Waals surface area contributed by atoms with Gasteiger partial charge in [-0.15, -0.1) is 0 Å². The van der Waals surface area contributed by atoms with Gasteiger partial charge in [-0.1, -0.05) is 0 Å². The number of hydrogen-bond acceptors (Lipinski definition) is 3. The fourth-order valence-corrected chi connectivity index (χ4v) is 1.90. The molecule has 0 saturated carbocycles. The molecule has 18 heavy (non-hydrogen) atoms.